The van der Waals surface area contributed by atoms with E-state index >= 15 is 0 Å². The molecule has 0 aliphatic heterocycles. The number of nitrogens with zero attached hydrogens (tertiary/aromatic N) is 1. The van der Waals surface area contributed by atoms with Crippen LogP contribution in [-0.4, -0.2) is 65.6 Å². The highest BCUT2D eigenvalue weighted by Gasteiger charge is 2.74. The predicted octanol–water partition coefficient (Wildman–Crippen LogP) is 8.91. The minimum atomic E-state index is -4.84. The Morgan fingerprint density at radius 3 is 2.17 bits per heavy atom. The third-order valence-electron chi connectivity index (χ3n) is 16.1. The number of ketones is 1. The first-order chi connectivity index (χ1) is 27.5. The van der Waals surface area contributed by atoms with Crippen molar-refractivity contribution in [3.05, 3.63) is 77.4 Å². The van der Waals surface area contributed by atoms with Crippen LogP contribution in [-0.2, 0) is 22.6 Å². The molecule has 1 amide bonds. The molecule has 8 nitrogen and oxygen atoms in total. The highest BCUT2D eigenvalue weighted by molar-refractivity contribution is 6.00. The lowest BCUT2D eigenvalue weighted by molar-refractivity contribution is -0.274. The van der Waals surface area contributed by atoms with Gasteiger partial charge in [-0.2, -0.15) is 0 Å². The van der Waals surface area contributed by atoms with Gasteiger partial charge in [-0.25, -0.2) is 0 Å². The quantitative estimate of drug-likeness (QED) is 0.219. The predicted molar refractivity (Wildman–Crippen MR) is 212 cm³/mol. The van der Waals surface area contributed by atoms with Crippen LogP contribution in [0.1, 0.15) is 102 Å². The number of aliphatic hydroxyl groups is 2. The van der Waals surface area contributed by atoms with Gasteiger partial charge in [0.1, 0.15) is 5.75 Å². The smallest absolute Gasteiger partial charge is 0.493 e. The molecule has 4 saturated carbocycles. The van der Waals surface area contributed by atoms with Crippen LogP contribution in [0.2, 0.25) is 0 Å². The Morgan fingerprint density at radius 2 is 1.48 bits per heavy atom. The van der Waals surface area contributed by atoms with E-state index < -0.39 is 34.3 Å². The first-order valence-electron chi connectivity index (χ1n) is 21.2. The average Bonchev–Trinajstić information content (AvgIpc) is 3.47. The number of hydrogen-bond donors (Lipinski definition) is 2. The normalized spacial score (nSPS) is 35.3. The number of methoxy groups -OCH3 is 2. The number of alkyl halides is 3. The Labute approximate surface area is 339 Å². The average molecular weight is 806 g/mol. The van der Waals surface area contributed by atoms with E-state index in [9.17, 15) is 33.0 Å². The summed E-state index contributed by atoms with van der Waals surface area (Å²) < 4.78 is 54.0. The minimum Gasteiger partial charge on any atom is -0.493 e. The van der Waals surface area contributed by atoms with E-state index in [1.807, 2.05) is 0 Å². The maximum Gasteiger partial charge on any atom is 0.573 e. The maximum absolute atomic E-state index is 15.0. The number of rotatable bonds is 11. The summed E-state index contributed by atoms with van der Waals surface area (Å²) in [5.74, 6) is 0.723. The summed E-state index contributed by atoms with van der Waals surface area (Å²) in [6.45, 7) is 4.61. The number of benzene rings is 2. The summed E-state index contributed by atoms with van der Waals surface area (Å²) in [5.41, 5.74) is -0.940. The maximum atomic E-state index is 15.0. The van der Waals surface area contributed by atoms with Crippen LogP contribution in [0.3, 0.4) is 0 Å². The molecule has 314 valence electrons. The summed E-state index contributed by atoms with van der Waals surface area (Å²) in [7, 11) is 3.06. The molecule has 4 fully saturated rings. The lowest BCUT2D eigenvalue weighted by Crippen LogP contribution is -2.67. The van der Waals surface area contributed by atoms with E-state index in [1.165, 1.54) is 38.5 Å². The molecule has 1 unspecified atom stereocenters. The van der Waals surface area contributed by atoms with E-state index in [2.05, 4.69) is 36.8 Å². The van der Waals surface area contributed by atoms with Crippen LogP contribution >= 0.6 is 0 Å². The van der Waals surface area contributed by atoms with Crippen LogP contribution < -0.4 is 14.2 Å². The fourth-order valence-electron chi connectivity index (χ4n) is 13.0. The summed E-state index contributed by atoms with van der Waals surface area (Å²) in [6.07, 6.45) is 11.5. The number of hydrogen-bond acceptors (Lipinski definition) is 7. The fraction of sp³-hybridized carbons (Fsp3) is 0.617. The van der Waals surface area contributed by atoms with Gasteiger partial charge >= 0.3 is 6.36 Å². The minimum absolute atomic E-state index is 0.00431. The van der Waals surface area contributed by atoms with Crippen LogP contribution in [0.4, 0.5) is 13.2 Å². The third-order valence-corrected chi connectivity index (χ3v) is 16.1. The molecule has 0 aromatic heterocycles. The Hall–Kier alpha value is -3.83. The van der Waals surface area contributed by atoms with Crippen molar-refractivity contribution in [3.63, 3.8) is 0 Å². The van der Waals surface area contributed by atoms with Crippen molar-refractivity contribution in [2.45, 2.75) is 122 Å². The molecule has 7 aliphatic carbocycles. The highest BCUT2D eigenvalue weighted by atomic mass is 19.4. The Balaban J connectivity index is 1.15. The highest BCUT2D eigenvalue weighted by Crippen LogP contribution is 2.78. The van der Waals surface area contributed by atoms with E-state index in [1.54, 1.807) is 23.1 Å². The second-order valence-electron chi connectivity index (χ2n) is 18.8. The largest absolute Gasteiger partial charge is 0.573 e. The molecule has 11 heteroatoms. The van der Waals surface area contributed by atoms with Crippen molar-refractivity contribution in [3.8, 4) is 17.2 Å². The molecule has 0 saturated heterocycles. The first kappa shape index (κ1) is 40.9. The van der Waals surface area contributed by atoms with Crippen molar-refractivity contribution in [1.82, 2.24) is 4.90 Å². The second kappa shape index (κ2) is 14.7. The zero-order valence-electron chi connectivity index (χ0n) is 34.2. The molecule has 7 aliphatic rings. The van der Waals surface area contributed by atoms with Gasteiger partial charge in [0.2, 0.25) is 5.91 Å². The molecule has 9 rings (SSSR count). The number of carbonyl (C=O) groups is 2. The standard InChI is InChI=1S/C47H58F3NO7/c1-42-19-16-33(52)26-44(42)22-23-46(35(27-44)41(54)32-8-6-5-7-9-32)38(42)17-20-43(2)39(46)18-21-45(43,55)29-51(28-30-10-13-34(14-11-30)58-47(48,49)50)40(53)25-31-12-15-36(56-3)37(24-31)57-4/h10-15,22-24,27,32-33,38-39,52,55H,5-9,16-21,25-26,28-29H2,1-4H3/t33?,38-,39-,42-,43+,44+,45-,46-/m1/s1. The fourth-order valence-corrected chi connectivity index (χ4v) is 13.0. The number of aliphatic hydroxyl groups excluding tert-OH is 1. The third kappa shape index (κ3) is 6.57. The topological polar surface area (TPSA) is 106 Å². The van der Waals surface area contributed by atoms with Gasteiger partial charge in [0.15, 0.2) is 17.3 Å². The van der Waals surface area contributed by atoms with Crippen LogP contribution in [0.5, 0.6) is 17.2 Å². The van der Waals surface area contributed by atoms with Crippen LogP contribution in [0.25, 0.3) is 0 Å². The SMILES string of the molecule is COc1ccc(CC(=O)N(Cc2ccc(OC(F)(F)F)cc2)C[C@]2(O)CC[C@H]3[C@]45C=C[C@@]6(C=C4C(=O)C4CCCCC4)CC(O)CC[C@]6(C)[C@H]5CC[C@@]32C)cc1OC. The van der Waals surface area contributed by atoms with Crippen LogP contribution in [0.15, 0.2) is 66.3 Å². The monoisotopic (exact) mass is 805 g/mol. The molecule has 58 heavy (non-hydrogen) atoms. The van der Waals surface area contributed by atoms with E-state index in [4.69, 9.17) is 9.47 Å². The van der Waals surface area contributed by atoms with Crippen molar-refractivity contribution >= 4 is 11.7 Å². The number of carbonyl (C=O) groups excluding carboxylic acids is 2. The van der Waals surface area contributed by atoms with Gasteiger partial charge in [0.25, 0.3) is 0 Å². The molecule has 0 heterocycles. The van der Waals surface area contributed by atoms with Gasteiger partial charge in [-0.05, 0) is 110 Å². The van der Waals surface area contributed by atoms with Gasteiger partial charge < -0.3 is 29.3 Å². The van der Waals surface area contributed by atoms with Crippen molar-refractivity contribution in [2.75, 3.05) is 20.8 Å². The lowest BCUT2D eigenvalue weighted by Gasteiger charge is -2.71. The number of ether oxygens (including phenoxy) is 3. The second-order valence-corrected chi connectivity index (χ2v) is 18.8. The summed E-state index contributed by atoms with van der Waals surface area (Å²) in [5, 5.41) is 24.3. The zero-order valence-corrected chi connectivity index (χ0v) is 34.2. The van der Waals surface area contributed by atoms with E-state index in [-0.39, 0.29) is 60.1 Å². The molecule has 2 spiro atoms. The summed E-state index contributed by atoms with van der Waals surface area (Å²) in [4.78, 5) is 31.1. The number of Topliss-reactive ketones (excluding diaryl/α,β-unsaturated/α-hetero) is 1. The van der Waals surface area contributed by atoms with Crippen molar-refractivity contribution < 1.29 is 47.2 Å². The van der Waals surface area contributed by atoms with Gasteiger partial charge in [-0.1, -0.05) is 69.5 Å². The van der Waals surface area contributed by atoms with Gasteiger partial charge in [0.05, 0.1) is 38.9 Å². The molecule has 2 aromatic rings. The van der Waals surface area contributed by atoms with E-state index in [0.29, 0.717) is 48.3 Å². The lowest BCUT2D eigenvalue weighted by atomic mass is 9.32. The van der Waals surface area contributed by atoms with Crippen LogP contribution in [0, 0.1) is 39.4 Å². The van der Waals surface area contributed by atoms with E-state index in [0.717, 1.165) is 56.9 Å². The molecular formula is C47H58F3NO7. The molecule has 2 aromatic carbocycles. The number of amides is 1. The summed E-state index contributed by atoms with van der Waals surface area (Å²) >= 11 is 0. The molecule has 8 atom stereocenters. The molecule has 2 bridgehead atoms. The summed E-state index contributed by atoms with van der Waals surface area (Å²) in [6, 6.07) is 10.8. The molecule has 0 radical (unpaired) electrons. The van der Waals surface area contributed by atoms with Gasteiger partial charge in [-0.15, -0.1) is 13.2 Å². The molecular weight excluding hydrogens is 748 g/mol. The zero-order chi connectivity index (χ0) is 41.3. The van der Waals surface area contributed by atoms with Gasteiger partial charge in [-0.3, -0.25) is 9.59 Å². The number of allylic oxidation sites excluding steroid dienone is 4. The first-order valence-corrected chi connectivity index (χ1v) is 21.2. The molecule has 2 N–H and O–H groups in total. The Morgan fingerprint density at radius 1 is 0.828 bits per heavy atom. The Kier molecular flexibility index (Phi) is 10.4. The number of fused-ring (bicyclic) bond motifs is 1. The van der Waals surface area contributed by atoms with Gasteiger partial charge in [0, 0.05) is 34.3 Å². The Bertz CT molecular complexity index is 1970. The van der Waals surface area contributed by atoms with Crippen molar-refractivity contribution in [2.24, 2.45) is 39.4 Å². The van der Waals surface area contributed by atoms with Crippen molar-refractivity contribution in [1.29, 1.82) is 0 Å². The number of halogens is 3.